The zero-order valence-electron chi connectivity index (χ0n) is 10.2. The largest absolute Gasteiger partial charge is 0.443 e. The van der Waals surface area contributed by atoms with Gasteiger partial charge in [0.1, 0.15) is 5.60 Å². The highest BCUT2D eigenvalue weighted by Gasteiger charge is 2.26. The first kappa shape index (κ1) is 16.7. The van der Waals surface area contributed by atoms with E-state index in [4.69, 9.17) is 4.74 Å². The summed E-state index contributed by atoms with van der Waals surface area (Å²) >= 11 is 13.7. The van der Waals surface area contributed by atoms with E-state index >= 15 is 0 Å². The number of hydrogen-bond donors (Lipinski definition) is 0. The summed E-state index contributed by atoms with van der Waals surface area (Å²) in [6.07, 6.45) is -0.377. The highest BCUT2D eigenvalue weighted by atomic mass is 79.9. The number of rotatable bonds is 2. The Morgan fingerprint density at radius 1 is 1.11 bits per heavy atom. The van der Waals surface area contributed by atoms with Crippen molar-refractivity contribution < 1.29 is 9.53 Å². The molecule has 0 aliphatic rings. The van der Waals surface area contributed by atoms with E-state index < -0.39 is 5.60 Å². The van der Waals surface area contributed by atoms with Gasteiger partial charge in [0.05, 0.1) is 20.3 Å². The van der Waals surface area contributed by atoms with Crippen molar-refractivity contribution in [3.8, 4) is 0 Å². The molecule has 0 saturated carbocycles. The molecule has 0 atom stereocenters. The van der Waals surface area contributed by atoms with Crippen LogP contribution >= 0.6 is 63.7 Å². The summed E-state index contributed by atoms with van der Waals surface area (Å²) in [5, 5.41) is 1.11. The van der Waals surface area contributed by atoms with E-state index in [1.807, 2.05) is 20.8 Å². The highest BCUT2D eigenvalue weighted by molar-refractivity contribution is 9.13. The molecule has 0 fully saturated rings. The fraction of sp³-hybridized carbons (Fsp3) is 0.545. The van der Waals surface area contributed by atoms with Crippen LogP contribution in [0.5, 0.6) is 0 Å². The quantitative estimate of drug-likeness (QED) is 0.486. The Balaban J connectivity index is 3.30. The molecule has 1 aromatic rings. The van der Waals surface area contributed by atoms with E-state index in [0.29, 0.717) is 10.7 Å². The van der Waals surface area contributed by atoms with Gasteiger partial charge in [-0.2, -0.15) is 0 Å². The molecule has 0 aliphatic heterocycles. The summed E-state index contributed by atoms with van der Waals surface area (Å²) < 4.78 is 8.71. The van der Waals surface area contributed by atoms with Crippen molar-refractivity contribution in [2.75, 3.05) is 0 Å². The van der Waals surface area contributed by atoms with Gasteiger partial charge in [-0.3, -0.25) is 0 Å². The Morgan fingerprint density at radius 3 is 1.78 bits per heavy atom. The van der Waals surface area contributed by atoms with E-state index in [-0.39, 0.29) is 6.09 Å². The van der Waals surface area contributed by atoms with Crippen molar-refractivity contribution >= 4 is 69.8 Å². The minimum atomic E-state index is -0.520. The molecule has 0 N–H and O–H groups in total. The number of aromatic nitrogens is 1. The van der Waals surface area contributed by atoms with Crippen molar-refractivity contribution in [2.24, 2.45) is 0 Å². The van der Waals surface area contributed by atoms with Crippen molar-refractivity contribution in [3.63, 3.8) is 0 Å². The van der Waals surface area contributed by atoms with Gasteiger partial charge >= 0.3 is 6.09 Å². The Bertz CT molecular complexity index is 435. The monoisotopic (exact) mass is 507 g/mol. The Hall–Kier alpha value is 0.670. The molecule has 102 valence electrons. The summed E-state index contributed by atoms with van der Waals surface area (Å²) in [7, 11) is 0. The third-order valence-corrected chi connectivity index (χ3v) is 5.37. The Kier molecular flexibility index (Phi) is 5.96. The fourth-order valence-corrected chi connectivity index (χ4v) is 4.28. The lowest BCUT2D eigenvalue weighted by Crippen LogP contribution is -2.28. The maximum Gasteiger partial charge on any atom is 0.419 e. The fourth-order valence-electron chi connectivity index (χ4n) is 1.38. The lowest BCUT2D eigenvalue weighted by Gasteiger charge is -2.21. The van der Waals surface area contributed by atoms with Crippen LogP contribution in [-0.2, 0) is 15.4 Å². The third kappa shape index (κ3) is 3.61. The summed E-state index contributed by atoms with van der Waals surface area (Å²) in [4.78, 5) is 12.2. The zero-order chi connectivity index (χ0) is 14.1. The maximum absolute atomic E-state index is 12.2. The zero-order valence-corrected chi connectivity index (χ0v) is 16.5. The molecule has 18 heavy (non-hydrogen) atoms. The smallest absolute Gasteiger partial charge is 0.419 e. The van der Waals surface area contributed by atoms with E-state index in [1.54, 1.807) is 4.57 Å². The first-order chi connectivity index (χ1) is 8.22. The molecule has 0 radical (unpaired) electrons. The van der Waals surface area contributed by atoms with Crippen molar-refractivity contribution in [2.45, 2.75) is 37.0 Å². The van der Waals surface area contributed by atoms with E-state index in [9.17, 15) is 4.79 Å². The number of carbonyl (C=O) groups excluding carboxylic acids is 1. The molecule has 1 aromatic heterocycles. The number of halogens is 4. The standard InChI is InChI=1S/C11H13Br4NO2/c1-11(2,3)18-10(17)16-6(4-12)8(14)9(15)7(16)5-13/h4-5H2,1-3H3. The van der Waals surface area contributed by atoms with Crippen LogP contribution in [0.4, 0.5) is 4.79 Å². The van der Waals surface area contributed by atoms with Gasteiger partial charge in [0.25, 0.3) is 0 Å². The molecule has 0 unspecified atom stereocenters. The molecular weight excluding hydrogens is 498 g/mol. The first-order valence-electron chi connectivity index (χ1n) is 5.15. The molecule has 1 heterocycles. The van der Waals surface area contributed by atoms with Crippen LogP contribution in [0.1, 0.15) is 32.2 Å². The molecule has 3 nitrogen and oxygen atoms in total. The van der Waals surface area contributed by atoms with Gasteiger partial charge < -0.3 is 4.74 Å². The van der Waals surface area contributed by atoms with Gasteiger partial charge in [0, 0.05) is 10.7 Å². The molecule has 1 rings (SSSR count). The normalized spacial score (nSPS) is 11.7. The van der Waals surface area contributed by atoms with E-state index in [1.165, 1.54) is 0 Å². The van der Waals surface area contributed by atoms with Crippen LogP contribution in [0.25, 0.3) is 0 Å². The first-order valence-corrected chi connectivity index (χ1v) is 8.98. The number of ether oxygens (including phenoxy) is 1. The third-order valence-electron chi connectivity index (χ3n) is 2.07. The highest BCUT2D eigenvalue weighted by Crippen LogP contribution is 2.36. The second-order valence-electron chi connectivity index (χ2n) is 4.60. The van der Waals surface area contributed by atoms with Gasteiger partial charge in [-0.1, -0.05) is 31.9 Å². The van der Waals surface area contributed by atoms with Gasteiger partial charge in [0.15, 0.2) is 0 Å². The van der Waals surface area contributed by atoms with Crippen LogP contribution in [0.3, 0.4) is 0 Å². The SMILES string of the molecule is CC(C)(C)OC(=O)n1c(CBr)c(Br)c(Br)c1CBr. The predicted octanol–water partition coefficient (Wildman–Crippen LogP) is 5.59. The number of hydrogen-bond acceptors (Lipinski definition) is 2. The van der Waals surface area contributed by atoms with Gasteiger partial charge in [-0.05, 0) is 52.6 Å². The molecule has 7 heteroatoms. The van der Waals surface area contributed by atoms with Crippen LogP contribution in [0.2, 0.25) is 0 Å². The van der Waals surface area contributed by atoms with E-state index in [2.05, 4.69) is 63.7 Å². The van der Waals surface area contributed by atoms with Crippen molar-refractivity contribution in [1.82, 2.24) is 4.57 Å². The number of alkyl halides is 2. The topological polar surface area (TPSA) is 31.2 Å². The molecule has 0 spiro atoms. The summed E-state index contributed by atoms with van der Waals surface area (Å²) in [5.74, 6) is 0. The Labute approximate surface area is 140 Å². The van der Waals surface area contributed by atoms with Crippen LogP contribution in [-0.4, -0.2) is 16.3 Å². The van der Waals surface area contributed by atoms with Gasteiger partial charge in [-0.15, -0.1) is 0 Å². The molecule has 0 aromatic carbocycles. The van der Waals surface area contributed by atoms with E-state index in [0.717, 1.165) is 20.3 Å². The summed E-state index contributed by atoms with van der Waals surface area (Å²) in [6.45, 7) is 5.54. The molecule has 0 bridgehead atoms. The maximum atomic E-state index is 12.2. The number of carbonyl (C=O) groups is 1. The predicted molar refractivity (Wildman–Crippen MR) is 86.7 cm³/mol. The molecule has 0 amide bonds. The molecule has 0 saturated heterocycles. The lowest BCUT2D eigenvalue weighted by atomic mass is 10.2. The average molecular weight is 511 g/mol. The summed E-state index contributed by atoms with van der Waals surface area (Å²) in [6, 6.07) is 0. The van der Waals surface area contributed by atoms with Gasteiger partial charge in [-0.25, -0.2) is 9.36 Å². The average Bonchev–Trinajstić information content (AvgIpc) is 2.49. The second kappa shape index (κ2) is 6.41. The van der Waals surface area contributed by atoms with Crippen LogP contribution in [0, 0.1) is 0 Å². The minimum absolute atomic E-state index is 0.377. The molecule has 0 aliphatic carbocycles. The van der Waals surface area contributed by atoms with Crippen molar-refractivity contribution in [1.29, 1.82) is 0 Å². The Morgan fingerprint density at radius 2 is 1.50 bits per heavy atom. The number of nitrogens with zero attached hydrogens (tertiary/aromatic N) is 1. The minimum Gasteiger partial charge on any atom is -0.443 e. The van der Waals surface area contributed by atoms with Gasteiger partial charge in [0.2, 0.25) is 0 Å². The second-order valence-corrected chi connectivity index (χ2v) is 7.31. The molecular formula is C11H13Br4NO2. The lowest BCUT2D eigenvalue weighted by molar-refractivity contribution is 0.0530. The van der Waals surface area contributed by atoms with Crippen LogP contribution in [0.15, 0.2) is 8.95 Å². The van der Waals surface area contributed by atoms with Crippen molar-refractivity contribution in [3.05, 3.63) is 20.3 Å². The van der Waals surface area contributed by atoms with Crippen LogP contribution < -0.4 is 0 Å². The summed E-state index contributed by atoms with van der Waals surface area (Å²) in [5.41, 5.74) is 1.13.